The third-order valence-electron chi connectivity index (χ3n) is 1.94. The van der Waals surface area contributed by atoms with Gasteiger partial charge in [-0.25, -0.2) is 4.98 Å². The number of hydrogen-bond acceptors (Lipinski definition) is 5. The lowest BCUT2D eigenvalue weighted by Gasteiger charge is -2.07. The molecule has 0 saturated carbocycles. The maximum absolute atomic E-state index is 8.68. The highest BCUT2D eigenvalue weighted by Gasteiger charge is 2.17. The van der Waals surface area contributed by atoms with Gasteiger partial charge in [0, 0.05) is 6.61 Å². The van der Waals surface area contributed by atoms with Crippen LogP contribution in [0.1, 0.15) is 11.3 Å². The highest BCUT2D eigenvalue weighted by molar-refractivity contribution is 7.16. The van der Waals surface area contributed by atoms with E-state index in [1.54, 1.807) is 0 Å². The summed E-state index contributed by atoms with van der Waals surface area (Å²) in [6.07, 6.45) is 0.971. The molecule has 0 spiro atoms. The van der Waals surface area contributed by atoms with Crippen LogP contribution in [0.2, 0.25) is 5.15 Å². The second kappa shape index (κ2) is 4.13. The van der Waals surface area contributed by atoms with Crippen LogP contribution in [0, 0.1) is 11.3 Å². The Balaban J connectivity index is 2.06. The van der Waals surface area contributed by atoms with Gasteiger partial charge in [-0.1, -0.05) is 22.9 Å². The number of anilines is 1. The highest BCUT2D eigenvalue weighted by atomic mass is 35.5. The molecule has 4 nitrogen and oxygen atoms in total. The van der Waals surface area contributed by atoms with Crippen LogP contribution in [0.25, 0.3) is 0 Å². The van der Waals surface area contributed by atoms with Crippen molar-refractivity contribution in [3.05, 3.63) is 10.0 Å². The molecular formula is C8H8ClN3OS. The first-order chi connectivity index (χ1) is 6.79. The largest absolute Gasteiger partial charge is 0.379 e. The molecule has 0 aromatic carbocycles. The van der Waals surface area contributed by atoms with Crippen molar-refractivity contribution in [3.8, 4) is 6.07 Å². The van der Waals surface area contributed by atoms with Gasteiger partial charge in [-0.15, -0.1) is 0 Å². The Labute approximate surface area is 90.5 Å². The van der Waals surface area contributed by atoms with Crippen LogP contribution in [-0.2, 0) is 4.74 Å². The lowest BCUT2D eigenvalue weighted by molar-refractivity contribution is 0.195. The van der Waals surface area contributed by atoms with E-state index in [-0.39, 0.29) is 5.15 Å². The normalized spacial score (nSPS) is 20.7. The maximum atomic E-state index is 8.68. The molecule has 1 aliphatic heterocycles. The minimum Gasteiger partial charge on any atom is -0.379 e. The van der Waals surface area contributed by atoms with Crippen molar-refractivity contribution in [2.45, 2.75) is 12.5 Å². The fourth-order valence-electron chi connectivity index (χ4n) is 1.26. The summed E-state index contributed by atoms with van der Waals surface area (Å²) in [7, 11) is 0. The second-order valence-electron chi connectivity index (χ2n) is 2.96. The number of aromatic nitrogens is 1. The van der Waals surface area contributed by atoms with Gasteiger partial charge in [0.1, 0.15) is 10.9 Å². The molecule has 74 valence electrons. The Morgan fingerprint density at radius 2 is 2.57 bits per heavy atom. The monoisotopic (exact) mass is 229 g/mol. The third kappa shape index (κ3) is 1.98. The molecule has 0 bridgehead atoms. The van der Waals surface area contributed by atoms with Gasteiger partial charge < -0.3 is 10.1 Å². The number of nitrogens with zero attached hydrogens (tertiary/aromatic N) is 2. The zero-order chi connectivity index (χ0) is 9.97. The molecule has 2 rings (SSSR count). The first kappa shape index (κ1) is 9.71. The summed E-state index contributed by atoms with van der Waals surface area (Å²) in [5.41, 5.74) is 0. The van der Waals surface area contributed by atoms with E-state index in [0.29, 0.717) is 22.7 Å². The molecule has 1 aliphatic rings. The number of nitrogens with one attached hydrogen (secondary N) is 1. The van der Waals surface area contributed by atoms with E-state index in [1.807, 2.05) is 6.07 Å². The van der Waals surface area contributed by atoms with Crippen molar-refractivity contribution in [1.82, 2.24) is 4.98 Å². The van der Waals surface area contributed by atoms with E-state index in [9.17, 15) is 0 Å². The summed E-state index contributed by atoms with van der Waals surface area (Å²) in [6, 6.07) is 2.29. The van der Waals surface area contributed by atoms with Crippen LogP contribution in [0.4, 0.5) is 5.13 Å². The fraction of sp³-hybridized carbons (Fsp3) is 0.500. The molecule has 1 saturated heterocycles. The second-order valence-corrected chi connectivity index (χ2v) is 4.31. The molecule has 1 aromatic rings. The van der Waals surface area contributed by atoms with Crippen molar-refractivity contribution >= 4 is 28.1 Å². The van der Waals surface area contributed by atoms with Crippen LogP contribution < -0.4 is 5.32 Å². The first-order valence-electron chi connectivity index (χ1n) is 4.20. The van der Waals surface area contributed by atoms with Gasteiger partial charge >= 0.3 is 0 Å². The van der Waals surface area contributed by atoms with Gasteiger partial charge in [-0.05, 0) is 6.42 Å². The van der Waals surface area contributed by atoms with Gasteiger partial charge in [0.15, 0.2) is 10.3 Å². The van der Waals surface area contributed by atoms with E-state index >= 15 is 0 Å². The molecule has 0 amide bonds. The van der Waals surface area contributed by atoms with Gasteiger partial charge in [0.25, 0.3) is 0 Å². The average Bonchev–Trinajstić information content (AvgIpc) is 2.76. The van der Waals surface area contributed by atoms with Gasteiger partial charge in [0.05, 0.1) is 12.6 Å². The lowest BCUT2D eigenvalue weighted by atomic mass is 10.3. The molecule has 1 unspecified atom stereocenters. The number of nitriles is 1. The summed E-state index contributed by atoms with van der Waals surface area (Å²) in [5.74, 6) is 0. The summed E-state index contributed by atoms with van der Waals surface area (Å²) >= 11 is 7.01. The Morgan fingerprint density at radius 1 is 1.71 bits per heavy atom. The van der Waals surface area contributed by atoms with E-state index in [4.69, 9.17) is 21.6 Å². The average molecular weight is 230 g/mol. The van der Waals surface area contributed by atoms with Crippen LogP contribution in [0.5, 0.6) is 0 Å². The Hall–Kier alpha value is -0.830. The summed E-state index contributed by atoms with van der Waals surface area (Å²) < 4.78 is 5.21. The van der Waals surface area contributed by atoms with Crippen LogP contribution in [-0.4, -0.2) is 24.2 Å². The van der Waals surface area contributed by atoms with Gasteiger partial charge in [-0.2, -0.15) is 5.26 Å². The molecule has 0 aliphatic carbocycles. The molecule has 1 N–H and O–H groups in total. The topological polar surface area (TPSA) is 57.9 Å². The molecule has 2 heterocycles. The minimum absolute atomic E-state index is 0.277. The van der Waals surface area contributed by atoms with E-state index < -0.39 is 0 Å². The molecule has 0 radical (unpaired) electrons. The Bertz CT molecular complexity index is 367. The van der Waals surface area contributed by atoms with Gasteiger partial charge in [-0.3, -0.25) is 0 Å². The molecule has 6 heteroatoms. The fourth-order valence-corrected chi connectivity index (χ4v) is 2.28. The van der Waals surface area contributed by atoms with Crippen molar-refractivity contribution in [1.29, 1.82) is 5.26 Å². The quantitative estimate of drug-likeness (QED) is 0.841. The molecule has 14 heavy (non-hydrogen) atoms. The van der Waals surface area contributed by atoms with Crippen molar-refractivity contribution in [2.24, 2.45) is 0 Å². The smallest absolute Gasteiger partial charge is 0.185 e. The van der Waals surface area contributed by atoms with Crippen LogP contribution >= 0.6 is 22.9 Å². The lowest BCUT2D eigenvalue weighted by Crippen LogP contribution is -2.18. The number of ether oxygens (including phenoxy) is 1. The number of rotatable bonds is 2. The SMILES string of the molecule is N#Cc1sc(NC2CCOC2)nc1Cl. The van der Waals surface area contributed by atoms with Gasteiger partial charge in [0.2, 0.25) is 0 Å². The number of hydrogen-bond donors (Lipinski definition) is 1. The van der Waals surface area contributed by atoms with E-state index in [1.165, 1.54) is 11.3 Å². The zero-order valence-electron chi connectivity index (χ0n) is 7.29. The van der Waals surface area contributed by atoms with Crippen molar-refractivity contribution in [2.75, 3.05) is 18.5 Å². The summed E-state index contributed by atoms with van der Waals surface area (Å²) in [5, 5.41) is 12.8. The molecule has 1 aromatic heterocycles. The van der Waals surface area contributed by atoms with Crippen molar-refractivity contribution < 1.29 is 4.74 Å². The minimum atomic E-state index is 0.277. The first-order valence-corrected chi connectivity index (χ1v) is 5.40. The molecular weight excluding hydrogens is 222 g/mol. The van der Waals surface area contributed by atoms with E-state index in [0.717, 1.165) is 13.0 Å². The summed E-state index contributed by atoms with van der Waals surface area (Å²) in [6.45, 7) is 1.47. The van der Waals surface area contributed by atoms with E-state index in [2.05, 4.69) is 10.3 Å². The number of halogens is 1. The maximum Gasteiger partial charge on any atom is 0.185 e. The molecule has 1 atom stereocenters. The zero-order valence-corrected chi connectivity index (χ0v) is 8.86. The predicted octanol–water partition coefficient (Wildman–Crippen LogP) is 1.87. The number of thiazole rings is 1. The molecule has 1 fully saturated rings. The van der Waals surface area contributed by atoms with Crippen LogP contribution in [0.15, 0.2) is 0 Å². The van der Waals surface area contributed by atoms with Crippen molar-refractivity contribution in [3.63, 3.8) is 0 Å². The summed E-state index contributed by atoms with van der Waals surface area (Å²) in [4.78, 5) is 4.49. The highest BCUT2D eigenvalue weighted by Crippen LogP contribution is 2.27. The standard InChI is InChI=1S/C8H8ClN3OS/c9-7-6(3-10)14-8(12-7)11-5-1-2-13-4-5/h5H,1-2,4H2,(H,11,12). The predicted molar refractivity (Wildman–Crippen MR) is 54.7 cm³/mol. The van der Waals surface area contributed by atoms with Crippen LogP contribution in [0.3, 0.4) is 0 Å². The third-order valence-corrected chi connectivity index (χ3v) is 3.22. The Morgan fingerprint density at radius 3 is 3.14 bits per heavy atom. The Kier molecular flexibility index (Phi) is 2.87.